The van der Waals surface area contributed by atoms with Crippen LogP contribution in [0.25, 0.3) is 5.76 Å². The number of hydrogen-bond acceptors (Lipinski definition) is 12. The van der Waals surface area contributed by atoms with Crippen molar-refractivity contribution < 1.29 is 35.2 Å². The lowest BCUT2D eigenvalue weighted by atomic mass is 10.1. The molecule has 4 heterocycles. The number of carbonyl (C=O) groups is 1. The van der Waals surface area contributed by atoms with Crippen molar-refractivity contribution in [3.05, 3.63) is 58.2 Å². The summed E-state index contributed by atoms with van der Waals surface area (Å²) >= 11 is 1.99. The first-order valence-electron chi connectivity index (χ1n) is 12.4. The van der Waals surface area contributed by atoms with Gasteiger partial charge >= 0.3 is 0 Å². The fourth-order valence-corrected chi connectivity index (χ4v) is 10.9. The Morgan fingerprint density at radius 2 is 1.88 bits per heavy atom. The number of nitrogens with zero attached hydrogens (tertiary/aromatic N) is 2. The maximum Gasteiger partial charge on any atom is 0.278 e. The maximum atomic E-state index is 12.5. The summed E-state index contributed by atoms with van der Waals surface area (Å²) < 4.78 is 73.1. The zero-order valence-electron chi connectivity index (χ0n) is 22.9. The van der Waals surface area contributed by atoms with Gasteiger partial charge in [-0.2, -0.15) is 0 Å². The number of thiazole rings is 1. The normalized spacial score (nSPS) is 20.6. The van der Waals surface area contributed by atoms with Gasteiger partial charge in [-0.3, -0.25) is 14.4 Å². The molecule has 0 aliphatic carbocycles. The number of rotatable bonds is 5. The summed E-state index contributed by atoms with van der Waals surface area (Å²) in [6.45, 7) is 6.06. The third kappa shape index (κ3) is 5.97. The summed E-state index contributed by atoms with van der Waals surface area (Å²) in [5.41, 5.74) is 0.289. The van der Waals surface area contributed by atoms with Crippen LogP contribution in [-0.4, -0.2) is 64.4 Å². The number of nitrogens with two attached hydrogens (primary N) is 1. The number of anilines is 1. The molecule has 1 amide bonds. The first-order chi connectivity index (χ1) is 19.5. The number of hydrogen-bond donors (Lipinski definition) is 4. The van der Waals surface area contributed by atoms with Gasteiger partial charge in [-0.25, -0.2) is 35.4 Å². The number of aryl methyl sites for hydroxylation is 1. The first kappa shape index (κ1) is 32.1. The number of aliphatic hydroxyl groups is 1. The Labute approximate surface area is 252 Å². The van der Waals surface area contributed by atoms with Crippen LogP contribution in [-0.2, 0) is 34.7 Å². The van der Waals surface area contributed by atoms with Crippen molar-refractivity contribution in [3.8, 4) is 0 Å². The Bertz CT molecular complexity index is 1900. The van der Waals surface area contributed by atoms with Gasteiger partial charge in [0.1, 0.15) is 8.42 Å². The van der Waals surface area contributed by atoms with Crippen LogP contribution in [0.15, 0.2) is 55.5 Å². The highest BCUT2D eigenvalue weighted by molar-refractivity contribution is 7.95. The molecule has 2 aromatic heterocycles. The standard InChI is InChI=1S/C14H13N3O4S2.C10H16N2O4S3/c1-8-7-15-14(22-8)16-13(19)11-12(18)9-5-3-4-6-10(9)23(20,21)17(11)2;1-3-12-8-4-6(2)18(13,14)10-7(8)5-9(17-10)19(11,15)16/h3-7,18H,1-2H3,(H,15,16,19);5-6,8,12H,3-4H2,1-2H3,(H2,11,15,16)/t;6-,8-/m.0/s1. The molecule has 3 aromatic rings. The van der Waals surface area contributed by atoms with Crippen LogP contribution in [0.1, 0.15) is 42.3 Å². The lowest BCUT2D eigenvalue weighted by Crippen LogP contribution is -2.37. The SMILES string of the molecule is CCN[C@H]1C[C@H](C)S(=O)(=O)c2sc(S(N)(=O)=O)cc21.Cc1cnc(NC(=O)C2=C(O)c3ccccc3S(=O)(=O)N2C)s1. The minimum absolute atomic E-state index is 0.0401. The van der Waals surface area contributed by atoms with Crippen LogP contribution >= 0.6 is 22.7 Å². The molecule has 2 aliphatic rings. The van der Waals surface area contributed by atoms with Crippen molar-refractivity contribution in [1.82, 2.24) is 14.6 Å². The van der Waals surface area contributed by atoms with Crippen LogP contribution < -0.4 is 15.8 Å². The number of thiophene rings is 1. The van der Waals surface area contributed by atoms with Crippen LogP contribution in [0.4, 0.5) is 5.13 Å². The number of sulfonamides is 2. The van der Waals surface area contributed by atoms with Gasteiger partial charge in [0.05, 0.1) is 10.1 Å². The van der Waals surface area contributed by atoms with Crippen LogP contribution in [0.2, 0.25) is 0 Å². The van der Waals surface area contributed by atoms with E-state index < -0.39 is 41.0 Å². The zero-order chi connectivity index (χ0) is 31.2. The summed E-state index contributed by atoms with van der Waals surface area (Å²) in [6, 6.07) is 7.22. The van der Waals surface area contributed by atoms with E-state index in [1.165, 1.54) is 36.6 Å². The van der Waals surface area contributed by atoms with Crippen molar-refractivity contribution in [2.45, 2.75) is 51.8 Å². The minimum Gasteiger partial charge on any atom is -0.505 e. The Morgan fingerprint density at radius 3 is 2.48 bits per heavy atom. The Balaban J connectivity index is 0.000000197. The van der Waals surface area contributed by atoms with Crippen molar-refractivity contribution >= 4 is 69.4 Å². The molecule has 228 valence electrons. The van der Waals surface area contributed by atoms with E-state index in [1.807, 2.05) is 13.8 Å². The molecule has 1 aromatic carbocycles. The summed E-state index contributed by atoms with van der Waals surface area (Å²) in [7, 11) is -10.0. The molecule has 0 saturated carbocycles. The third-order valence-electron chi connectivity index (χ3n) is 6.54. The van der Waals surface area contributed by atoms with Gasteiger partial charge < -0.3 is 10.4 Å². The second-order valence-corrected chi connectivity index (χ2v) is 18.0. The predicted molar refractivity (Wildman–Crippen MR) is 160 cm³/mol. The predicted octanol–water partition coefficient (Wildman–Crippen LogP) is 2.56. The number of benzene rings is 1. The maximum absolute atomic E-state index is 12.5. The number of carbonyl (C=O) groups excluding carboxylic acids is 1. The number of fused-ring (bicyclic) bond motifs is 2. The highest BCUT2D eigenvalue weighted by atomic mass is 32.3. The number of amides is 1. The summed E-state index contributed by atoms with van der Waals surface area (Å²) in [5.74, 6) is -1.12. The molecule has 0 bridgehead atoms. The Kier molecular flexibility index (Phi) is 8.90. The number of nitrogens with one attached hydrogen (secondary N) is 2. The van der Waals surface area contributed by atoms with Crippen molar-refractivity contribution in [1.29, 1.82) is 0 Å². The number of aromatic nitrogens is 1. The zero-order valence-corrected chi connectivity index (χ0v) is 26.9. The largest absolute Gasteiger partial charge is 0.505 e. The molecule has 5 rings (SSSR count). The fraction of sp³-hybridized carbons (Fsp3) is 0.333. The molecule has 5 N–H and O–H groups in total. The number of likely N-dealkylation sites (N-methyl/N-ethyl adjacent to an activating group) is 1. The molecule has 0 fully saturated rings. The van der Waals surface area contributed by atoms with Gasteiger partial charge in [0.2, 0.25) is 10.0 Å². The van der Waals surface area contributed by atoms with Crippen LogP contribution in [0.3, 0.4) is 0 Å². The minimum atomic E-state index is -3.90. The van der Waals surface area contributed by atoms with Gasteiger partial charge in [0, 0.05) is 35.3 Å². The van der Waals surface area contributed by atoms with Crippen LogP contribution in [0, 0.1) is 6.92 Å². The second kappa shape index (κ2) is 11.7. The van der Waals surface area contributed by atoms with E-state index in [0.29, 0.717) is 23.7 Å². The third-order valence-corrected chi connectivity index (χ3v) is 14.5. The van der Waals surface area contributed by atoms with Crippen molar-refractivity contribution in [2.24, 2.45) is 5.14 Å². The molecule has 0 spiro atoms. The number of aliphatic hydroxyl groups excluding tert-OH is 1. The van der Waals surface area contributed by atoms with Gasteiger partial charge in [-0.05, 0) is 45.0 Å². The van der Waals surface area contributed by atoms with Crippen molar-refractivity contribution in [3.63, 3.8) is 0 Å². The molecular weight excluding hydrogens is 647 g/mol. The van der Waals surface area contributed by atoms with Crippen LogP contribution in [0.5, 0.6) is 0 Å². The topological polar surface area (TPSA) is 206 Å². The highest BCUT2D eigenvalue weighted by Crippen LogP contribution is 2.42. The molecule has 2 aliphatic heterocycles. The first-order valence-corrected chi connectivity index (χ1v) is 18.6. The lowest BCUT2D eigenvalue weighted by molar-refractivity contribution is -0.113. The lowest BCUT2D eigenvalue weighted by Gasteiger charge is -2.28. The van der Waals surface area contributed by atoms with Gasteiger partial charge in [-0.1, -0.05) is 19.1 Å². The molecular formula is C24H29N5O8S5. The van der Waals surface area contributed by atoms with E-state index in [9.17, 15) is 35.2 Å². The van der Waals surface area contributed by atoms with E-state index in [-0.39, 0.29) is 36.4 Å². The van der Waals surface area contributed by atoms with E-state index in [2.05, 4.69) is 15.6 Å². The van der Waals surface area contributed by atoms with Gasteiger partial charge in [0.25, 0.3) is 15.9 Å². The molecule has 0 saturated heterocycles. The average molecular weight is 676 g/mol. The van der Waals surface area contributed by atoms with E-state index in [4.69, 9.17) is 5.14 Å². The van der Waals surface area contributed by atoms with E-state index >= 15 is 0 Å². The number of primary sulfonamides is 1. The smallest absolute Gasteiger partial charge is 0.278 e. The molecule has 0 radical (unpaired) electrons. The average Bonchev–Trinajstić information content (AvgIpc) is 3.55. The molecule has 13 nitrogen and oxygen atoms in total. The Hall–Kier alpha value is -2.87. The fourth-order valence-electron chi connectivity index (χ4n) is 4.43. The molecule has 42 heavy (non-hydrogen) atoms. The Morgan fingerprint density at radius 1 is 1.21 bits per heavy atom. The molecule has 2 atom stereocenters. The van der Waals surface area contributed by atoms with E-state index in [1.54, 1.807) is 25.3 Å². The van der Waals surface area contributed by atoms with E-state index in [0.717, 1.165) is 20.5 Å². The molecule has 0 unspecified atom stereocenters. The van der Waals surface area contributed by atoms with Crippen molar-refractivity contribution in [2.75, 3.05) is 18.9 Å². The number of sulfone groups is 1. The quantitative estimate of drug-likeness (QED) is 0.311. The molecule has 18 heteroatoms. The summed E-state index contributed by atoms with van der Waals surface area (Å²) in [4.78, 5) is 17.3. The summed E-state index contributed by atoms with van der Waals surface area (Å²) in [5, 5.41) is 20.9. The summed E-state index contributed by atoms with van der Waals surface area (Å²) in [6.07, 6.45) is 2.02. The highest BCUT2D eigenvalue weighted by Gasteiger charge is 2.39. The van der Waals surface area contributed by atoms with Gasteiger partial charge in [0.15, 0.2) is 26.4 Å². The monoisotopic (exact) mass is 675 g/mol. The van der Waals surface area contributed by atoms with Gasteiger partial charge in [-0.15, -0.1) is 22.7 Å². The second-order valence-electron chi connectivity index (χ2n) is 9.45.